The van der Waals surface area contributed by atoms with Gasteiger partial charge in [0.15, 0.2) is 6.04 Å². The number of hydrogen-bond acceptors (Lipinski definition) is 6. The molecule has 1 aromatic heterocycles. The summed E-state index contributed by atoms with van der Waals surface area (Å²) in [7, 11) is 0. The molecular weight excluding hydrogens is 362 g/mol. The van der Waals surface area contributed by atoms with Gasteiger partial charge in [-0.15, -0.1) is 11.3 Å². The predicted octanol–water partition coefficient (Wildman–Crippen LogP) is 2.64. The third-order valence-electron chi connectivity index (χ3n) is 5.42. The summed E-state index contributed by atoms with van der Waals surface area (Å²) in [5, 5.41) is 4.96. The molecule has 2 aromatic rings. The lowest BCUT2D eigenvalue weighted by Crippen LogP contribution is -2.52. The van der Waals surface area contributed by atoms with Gasteiger partial charge in [-0.25, -0.2) is 4.79 Å². The van der Waals surface area contributed by atoms with Crippen LogP contribution in [0, 0.1) is 5.92 Å². The largest absolute Gasteiger partial charge is 0.459 e. The van der Waals surface area contributed by atoms with Crippen LogP contribution in [0.3, 0.4) is 0 Å². The molecule has 0 aliphatic carbocycles. The van der Waals surface area contributed by atoms with Crippen LogP contribution in [0.4, 0.5) is 5.69 Å². The number of amides is 1. The normalized spacial score (nSPS) is 25.0. The van der Waals surface area contributed by atoms with Crippen molar-refractivity contribution >= 4 is 28.9 Å². The fourth-order valence-corrected chi connectivity index (χ4v) is 4.66. The highest BCUT2D eigenvalue weighted by Crippen LogP contribution is 2.32. The monoisotopic (exact) mass is 385 g/mol. The van der Waals surface area contributed by atoms with Gasteiger partial charge < -0.3 is 15.8 Å². The molecule has 0 saturated carbocycles. The summed E-state index contributed by atoms with van der Waals surface area (Å²) in [4.78, 5) is 27.5. The van der Waals surface area contributed by atoms with Crippen LogP contribution in [0.15, 0.2) is 41.8 Å². The van der Waals surface area contributed by atoms with E-state index in [-0.39, 0.29) is 12.1 Å². The highest BCUT2D eigenvalue weighted by molar-refractivity contribution is 7.12. The number of primary amides is 1. The smallest absolute Gasteiger partial charge is 0.333 e. The molecule has 3 N–H and O–H groups in total. The van der Waals surface area contributed by atoms with Gasteiger partial charge in [0.25, 0.3) is 5.91 Å². The number of esters is 1. The van der Waals surface area contributed by atoms with E-state index in [1.165, 1.54) is 11.3 Å². The summed E-state index contributed by atoms with van der Waals surface area (Å²) < 4.78 is 5.94. The van der Waals surface area contributed by atoms with Gasteiger partial charge in [-0.1, -0.05) is 30.3 Å². The summed E-state index contributed by atoms with van der Waals surface area (Å²) >= 11 is 1.26. The Morgan fingerprint density at radius 1 is 1.19 bits per heavy atom. The zero-order valence-corrected chi connectivity index (χ0v) is 15.8. The summed E-state index contributed by atoms with van der Waals surface area (Å²) in [6.45, 7) is 2.99. The van der Waals surface area contributed by atoms with Crippen molar-refractivity contribution in [1.29, 1.82) is 0 Å². The van der Waals surface area contributed by atoms with Crippen molar-refractivity contribution < 1.29 is 14.3 Å². The van der Waals surface area contributed by atoms with Gasteiger partial charge in [-0.2, -0.15) is 0 Å². The first kappa shape index (κ1) is 18.0. The van der Waals surface area contributed by atoms with E-state index >= 15 is 0 Å². The second-order valence-electron chi connectivity index (χ2n) is 7.13. The number of nitrogens with one attached hydrogen (secondary N) is 1. The molecule has 2 atom stereocenters. The minimum atomic E-state index is -0.686. The molecule has 4 heterocycles. The van der Waals surface area contributed by atoms with Crippen LogP contribution in [0.2, 0.25) is 0 Å². The summed E-state index contributed by atoms with van der Waals surface area (Å²) in [5.74, 6) is -0.385. The first-order valence-corrected chi connectivity index (χ1v) is 10.1. The van der Waals surface area contributed by atoms with Crippen LogP contribution in [-0.4, -0.2) is 42.5 Å². The minimum absolute atomic E-state index is 0.0638. The second kappa shape index (κ2) is 7.70. The average Bonchev–Trinajstić information content (AvgIpc) is 3.16. The Bertz CT molecular complexity index is 815. The van der Waals surface area contributed by atoms with Gasteiger partial charge in [-0.05, 0) is 48.9 Å². The van der Waals surface area contributed by atoms with Crippen molar-refractivity contribution in [3.8, 4) is 0 Å². The van der Waals surface area contributed by atoms with E-state index in [1.807, 2.05) is 30.3 Å². The van der Waals surface area contributed by atoms with Crippen LogP contribution in [0.25, 0.3) is 0 Å². The third-order valence-corrected chi connectivity index (χ3v) is 6.35. The standard InChI is InChI=1S/C20H23N3O3S/c21-19(24)18-15(8-11-27-18)22-17(14-4-2-1-3-5-14)20(25)26-16-12-23-9-6-13(16)7-10-23/h1-5,8,11,13,16-17,22H,6-7,9-10,12H2,(H2,21,24). The fourth-order valence-electron chi connectivity index (χ4n) is 3.95. The number of hydrogen-bond donors (Lipinski definition) is 2. The lowest BCUT2D eigenvalue weighted by atomic mass is 9.86. The van der Waals surface area contributed by atoms with Gasteiger partial charge in [0.1, 0.15) is 11.0 Å². The molecule has 2 unspecified atom stereocenters. The topological polar surface area (TPSA) is 84.7 Å². The van der Waals surface area contributed by atoms with E-state index < -0.39 is 11.9 Å². The maximum Gasteiger partial charge on any atom is 0.333 e. The van der Waals surface area contributed by atoms with Crippen molar-refractivity contribution in [2.24, 2.45) is 11.7 Å². The van der Waals surface area contributed by atoms with Crippen molar-refractivity contribution in [3.63, 3.8) is 0 Å². The molecule has 3 aliphatic heterocycles. The van der Waals surface area contributed by atoms with E-state index in [9.17, 15) is 9.59 Å². The first-order chi connectivity index (χ1) is 13.1. The molecule has 0 spiro atoms. The Labute approximate surface area is 162 Å². The Hall–Kier alpha value is -2.38. The highest BCUT2D eigenvalue weighted by Gasteiger charge is 2.38. The average molecular weight is 385 g/mol. The van der Waals surface area contributed by atoms with E-state index in [0.29, 0.717) is 16.5 Å². The van der Waals surface area contributed by atoms with Gasteiger partial charge in [0, 0.05) is 6.54 Å². The summed E-state index contributed by atoms with van der Waals surface area (Å²) in [5.41, 5.74) is 6.81. The first-order valence-electron chi connectivity index (χ1n) is 9.23. The van der Waals surface area contributed by atoms with Crippen LogP contribution >= 0.6 is 11.3 Å². The van der Waals surface area contributed by atoms with E-state index in [2.05, 4.69) is 10.2 Å². The maximum atomic E-state index is 13.1. The van der Waals surface area contributed by atoms with Crippen LogP contribution in [0.1, 0.15) is 34.1 Å². The SMILES string of the molecule is NC(=O)c1sccc1NC(C(=O)OC1CN2CCC1CC2)c1ccccc1. The third kappa shape index (κ3) is 3.84. The van der Waals surface area contributed by atoms with Gasteiger partial charge >= 0.3 is 5.97 Å². The van der Waals surface area contributed by atoms with Gasteiger partial charge in [0.05, 0.1) is 5.69 Å². The number of nitrogens with zero attached hydrogens (tertiary/aromatic N) is 1. The number of carbonyl (C=O) groups excluding carboxylic acids is 2. The number of fused-ring (bicyclic) bond motifs is 3. The molecule has 6 nitrogen and oxygen atoms in total. The number of piperidine rings is 3. The fraction of sp³-hybridized carbons (Fsp3) is 0.400. The van der Waals surface area contributed by atoms with E-state index in [1.54, 1.807) is 11.4 Å². The molecule has 0 radical (unpaired) electrons. The lowest BCUT2D eigenvalue weighted by molar-refractivity contribution is -0.159. The molecule has 5 rings (SSSR count). The Balaban J connectivity index is 1.55. The molecule has 3 fully saturated rings. The Morgan fingerprint density at radius 3 is 2.56 bits per heavy atom. The van der Waals surface area contributed by atoms with Crippen LogP contribution in [-0.2, 0) is 9.53 Å². The maximum absolute atomic E-state index is 13.1. The molecule has 1 amide bonds. The molecule has 27 heavy (non-hydrogen) atoms. The zero-order chi connectivity index (χ0) is 18.8. The quantitative estimate of drug-likeness (QED) is 0.747. The summed E-state index contributed by atoms with van der Waals surface area (Å²) in [6, 6.07) is 10.5. The van der Waals surface area contributed by atoms with Crippen LogP contribution < -0.4 is 11.1 Å². The molecule has 1 aromatic carbocycles. The number of thiophene rings is 1. The van der Waals surface area contributed by atoms with Gasteiger partial charge in [0.2, 0.25) is 0 Å². The van der Waals surface area contributed by atoms with Gasteiger partial charge in [-0.3, -0.25) is 9.69 Å². The molecule has 3 aliphatic rings. The number of benzene rings is 1. The van der Waals surface area contributed by atoms with Crippen molar-refractivity contribution in [2.75, 3.05) is 25.0 Å². The van der Waals surface area contributed by atoms with Crippen LogP contribution in [0.5, 0.6) is 0 Å². The second-order valence-corrected chi connectivity index (χ2v) is 8.05. The predicted molar refractivity (Wildman–Crippen MR) is 105 cm³/mol. The Kier molecular flexibility index (Phi) is 5.13. The van der Waals surface area contributed by atoms with Crippen molar-refractivity contribution in [1.82, 2.24) is 4.90 Å². The lowest BCUT2D eigenvalue weighted by Gasteiger charge is -2.44. The zero-order valence-electron chi connectivity index (χ0n) is 15.0. The minimum Gasteiger partial charge on any atom is -0.459 e. The number of anilines is 1. The molecule has 142 valence electrons. The Morgan fingerprint density at radius 2 is 1.93 bits per heavy atom. The summed E-state index contributed by atoms with van der Waals surface area (Å²) in [6.07, 6.45) is 2.10. The van der Waals surface area contributed by atoms with E-state index in [4.69, 9.17) is 10.5 Å². The number of rotatable bonds is 6. The van der Waals surface area contributed by atoms with Crippen molar-refractivity contribution in [2.45, 2.75) is 25.0 Å². The highest BCUT2D eigenvalue weighted by atomic mass is 32.1. The molecule has 2 bridgehead atoms. The number of nitrogens with two attached hydrogens (primary N) is 1. The number of ether oxygens (including phenoxy) is 1. The van der Waals surface area contributed by atoms with Crippen molar-refractivity contribution in [3.05, 3.63) is 52.2 Å². The van der Waals surface area contributed by atoms with E-state index in [0.717, 1.165) is 38.0 Å². The molecular formula is C20H23N3O3S. The number of carbonyl (C=O) groups is 2. The molecule has 7 heteroatoms. The molecule has 3 saturated heterocycles.